The van der Waals surface area contributed by atoms with Gasteiger partial charge in [0.05, 0.1) is 0 Å². The van der Waals surface area contributed by atoms with Crippen molar-refractivity contribution in [2.24, 2.45) is 11.8 Å². The molecule has 1 fully saturated rings. The van der Waals surface area contributed by atoms with Crippen LogP contribution in [0, 0.1) is 11.8 Å². The molecule has 2 heteroatoms. The molecular weight excluding hydrogens is 116 g/mol. The Morgan fingerprint density at radius 2 is 1.44 bits per heavy atom. The fourth-order valence-electron chi connectivity index (χ4n) is 1.59. The van der Waals surface area contributed by atoms with Crippen molar-refractivity contribution in [3.63, 3.8) is 0 Å². The maximum Gasteiger partial charge on any atom is 0.0462 e. The van der Waals surface area contributed by atoms with Gasteiger partial charge in [0, 0.05) is 13.2 Å². The van der Waals surface area contributed by atoms with E-state index >= 15 is 0 Å². The summed E-state index contributed by atoms with van der Waals surface area (Å²) >= 11 is 0. The van der Waals surface area contributed by atoms with Crippen LogP contribution in [-0.2, 0) is 0 Å². The van der Waals surface area contributed by atoms with Gasteiger partial charge in [-0.1, -0.05) is 6.42 Å². The Kier molecular flexibility index (Phi) is 2.49. The van der Waals surface area contributed by atoms with Gasteiger partial charge >= 0.3 is 0 Å². The lowest BCUT2D eigenvalue weighted by atomic mass is 9.98. The van der Waals surface area contributed by atoms with Crippen molar-refractivity contribution in [3.8, 4) is 0 Å². The van der Waals surface area contributed by atoms with Gasteiger partial charge in [-0.25, -0.2) is 0 Å². The Balaban J connectivity index is 2.32. The van der Waals surface area contributed by atoms with Gasteiger partial charge in [0.2, 0.25) is 0 Å². The monoisotopic (exact) mass is 130 g/mol. The van der Waals surface area contributed by atoms with E-state index in [2.05, 4.69) is 0 Å². The molecule has 2 nitrogen and oxygen atoms in total. The van der Waals surface area contributed by atoms with Gasteiger partial charge in [0.1, 0.15) is 0 Å². The first-order valence-electron chi connectivity index (χ1n) is 3.60. The molecule has 0 radical (unpaired) electrons. The lowest BCUT2D eigenvalue weighted by Gasteiger charge is -2.12. The van der Waals surface area contributed by atoms with Crippen LogP contribution < -0.4 is 0 Å². The Morgan fingerprint density at radius 1 is 1.00 bits per heavy atom. The molecule has 0 saturated heterocycles. The van der Waals surface area contributed by atoms with Crippen molar-refractivity contribution in [2.45, 2.75) is 19.3 Å². The van der Waals surface area contributed by atoms with Crippen LogP contribution in [0.5, 0.6) is 0 Å². The first kappa shape index (κ1) is 7.03. The van der Waals surface area contributed by atoms with Gasteiger partial charge in [-0.3, -0.25) is 0 Å². The van der Waals surface area contributed by atoms with Crippen molar-refractivity contribution >= 4 is 0 Å². The van der Waals surface area contributed by atoms with Crippen molar-refractivity contribution in [3.05, 3.63) is 0 Å². The minimum atomic E-state index is 0.255. The smallest absolute Gasteiger partial charge is 0.0462 e. The van der Waals surface area contributed by atoms with Crippen LogP contribution in [0.4, 0.5) is 0 Å². The molecule has 2 N–H and O–H groups in total. The largest absolute Gasteiger partial charge is 0.396 e. The fraction of sp³-hybridized carbons (Fsp3) is 1.00. The van der Waals surface area contributed by atoms with Gasteiger partial charge in [0.25, 0.3) is 0 Å². The quantitative estimate of drug-likeness (QED) is 0.567. The average Bonchev–Trinajstić information content (AvgIpc) is 2.33. The number of hydrogen-bond acceptors (Lipinski definition) is 2. The second kappa shape index (κ2) is 3.18. The van der Waals surface area contributed by atoms with Crippen LogP contribution in [0.1, 0.15) is 19.3 Å². The zero-order valence-corrected chi connectivity index (χ0v) is 5.58. The summed E-state index contributed by atoms with van der Waals surface area (Å²) in [4.78, 5) is 0. The molecule has 0 heterocycles. The zero-order valence-electron chi connectivity index (χ0n) is 5.58. The third kappa shape index (κ3) is 1.43. The molecule has 1 rings (SSSR count). The van der Waals surface area contributed by atoms with Gasteiger partial charge < -0.3 is 10.2 Å². The van der Waals surface area contributed by atoms with Crippen LogP contribution in [0.3, 0.4) is 0 Å². The van der Waals surface area contributed by atoms with Crippen molar-refractivity contribution in [1.82, 2.24) is 0 Å². The maximum atomic E-state index is 8.76. The van der Waals surface area contributed by atoms with E-state index in [9.17, 15) is 0 Å². The van der Waals surface area contributed by atoms with E-state index in [1.54, 1.807) is 0 Å². The summed E-state index contributed by atoms with van der Waals surface area (Å²) in [5, 5.41) is 17.5. The van der Waals surface area contributed by atoms with Crippen molar-refractivity contribution < 1.29 is 10.2 Å². The van der Waals surface area contributed by atoms with Crippen LogP contribution in [-0.4, -0.2) is 23.4 Å². The molecule has 0 spiro atoms. The third-order valence-corrected chi connectivity index (χ3v) is 2.29. The molecule has 1 saturated carbocycles. The minimum absolute atomic E-state index is 0.255. The molecule has 0 aliphatic heterocycles. The normalized spacial score (nSPS) is 35.3. The van der Waals surface area contributed by atoms with E-state index in [4.69, 9.17) is 10.2 Å². The number of rotatable bonds is 2. The van der Waals surface area contributed by atoms with Gasteiger partial charge in [-0.2, -0.15) is 0 Å². The molecule has 9 heavy (non-hydrogen) atoms. The first-order valence-corrected chi connectivity index (χ1v) is 3.60. The fourth-order valence-corrected chi connectivity index (χ4v) is 1.59. The van der Waals surface area contributed by atoms with Crippen LogP contribution >= 0.6 is 0 Å². The number of aliphatic hydroxyl groups excluding tert-OH is 2. The Hall–Kier alpha value is -0.0800. The Labute approximate surface area is 55.5 Å². The molecule has 0 bridgehead atoms. The van der Waals surface area contributed by atoms with E-state index in [-0.39, 0.29) is 13.2 Å². The summed E-state index contributed by atoms with van der Waals surface area (Å²) in [6, 6.07) is 0. The summed E-state index contributed by atoms with van der Waals surface area (Å²) in [5.41, 5.74) is 0. The lowest BCUT2D eigenvalue weighted by Crippen LogP contribution is -2.15. The van der Waals surface area contributed by atoms with Gasteiger partial charge in [-0.15, -0.1) is 0 Å². The first-order chi connectivity index (χ1) is 4.38. The standard InChI is InChI=1S/C7H14O2/c8-4-6-2-1-3-7(6)5-9/h6-9H,1-5H2/t6-,7-/m0/s1. The molecule has 0 aromatic rings. The third-order valence-electron chi connectivity index (χ3n) is 2.29. The highest BCUT2D eigenvalue weighted by Gasteiger charge is 2.25. The summed E-state index contributed by atoms with van der Waals surface area (Å²) < 4.78 is 0. The number of aliphatic hydroxyl groups is 2. The molecule has 1 aliphatic carbocycles. The zero-order chi connectivity index (χ0) is 6.69. The van der Waals surface area contributed by atoms with E-state index in [1.165, 1.54) is 6.42 Å². The molecule has 0 aromatic carbocycles. The molecule has 0 aromatic heterocycles. The Bertz CT molecular complexity index is 73.0. The molecule has 54 valence electrons. The van der Waals surface area contributed by atoms with Crippen molar-refractivity contribution in [1.29, 1.82) is 0 Å². The SMILES string of the molecule is OC[C@@H]1CCC[C@H]1CO. The van der Waals surface area contributed by atoms with E-state index < -0.39 is 0 Å². The average molecular weight is 130 g/mol. The minimum Gasteiger partial charge on any atom is -0.396 e. The predicted octanol–water partition coefficient (Wildman–Crippen LogP) is 0.387. The molecule has 0 amide bonds. The summed E-state index contributed by atoms with van der Waals surface area (Å²) in [6.07, 6.45) is 3.37. The highest BCUT2D eigenvalue weighted by Crippen LogP contribution is 2.30. The summed E-state index contributed by atoms with van der Waals surface area (Å²) in [5.74, 6) is 0.769. The Morgan fingerprint density at radius 3 is 1.78 bits per heavy atom. The molecule has 2 atom stereocenters. The second-order valence-corrected chi connectivity index (χ2v) is 2.82. The van der Waals surface area contributed by atoms with Crippen molar-refractivity contribution in [2.75, 3.05) is 13.2 Å². The second-order valence-electron chi connectivity index (χ2n) is 2.82. The van der Waals surface area contributed by atoms with Crippen LogP contribution in [0.15, 0.2) is 0 Å². The van der Waals surface area contributed by atoms with Gasteiger partial charge in [0.15, 0.2) is 0 Å². The highest BCUT2D eigenvalue weighted by molar-refractivity contribution is 4.75. The van der Waals surface area contributed by atoms with E-state index in [0.717, 1.165) is 12.8 Å². The van der Waals surface area contributed by atoms with Gasteiger partial charge in [-0.05, 0) is 24.7 Å². The predicted molar refractivity (Wildman–Crippen MR) is 35.0 cm³/mol. The van der Waals surface area contributed by atoms with Crippen LogP contribution in [0.2, 0.25) is 0 Å². The van der Waals surface area contributed by atoms with E-state index in [0.29, 0.717) is 11.8 Å². The molecular formula is C7H14O2. The molecule has 0 unspecified atom stereocenters. The maximum absolute atomic E-state index is 8.76. The number of hydrogen-bond donors (Lipinski definition) is 2. The highest BCUT2D eigenvalue weighted by atomic mass is 16.3. The summed E-state index contributed by atoms with van der Waals surface area (Å²) in [6.45, 7) is 0.510. The van der Waals surface area contributed by atoms with Crippen LogP contribution in [0.25, 0.3) is 0 Å². The molecule has 1 aliphatic rings. The topological polar surface area (TPSA) is 40.5 Å². The van der Waals surface area contributed by atoms with E-state index in [1.807, 2.05) is 0 Å². The lowest BCUT2D eigenvalue weighted by molar-refractivity contribution is 0.141. The summed E-state index contributed by atoms with van der Waals surface area (Å²) in [7, 11) is 0.